The molecular formula is C13H23N5O2S. The van der Waals surface area contributed by atoms with Crippen molar-refractivity contribution < 1.29 is 9.90 Å². The zero-order valence-electron chi connectivity index (χ0n) is 12.7. The maximum Gasteiger partial charge on any atom is 0.285 e. The van der Waals surface area contributed by atoms with E-state index in [1.807, 2.05) is 19.0 Å². The lowest BCUT2D eigenvalue weighted by molar-refractivity contribution is 0.0698. The molecule has 1 aliphatic rings. The van der Waals surface area contributed by atoms with Crippen LogP contribution < -0.4 is 5.32 Å². The van der Waals surface area contributed by atoms with Gasteiger partial charge in [0, 0.05) is 25.7 Å². The molecule has 0 spiro atoms. The molecule has 1 aromatic heterocycles. The Kier molecular flexibility index (Phi) is 5.49. The van der Waals surface area contributed by atoms with Crippen molar-refractivity contribution in [1.29, 1.82) is 0 Å². The molecule has 8 heteroatoms. The van der Waals surface area contributed by atoms with Gasteiger partial charge in [0.25, 0.3) is 5.91 Å². The Morgan fingerprint density at radius 2 is 2.29 bits per heavy atom. The number of rotatable bonds is 6. The highest BCUT2D eigenvalue weighted by Crippen LogP contribution is 2.24. The Bertz CT molecular complexity index is 479. The second kappa shape index (κ2) is 7.15. The van der Waals surface area contributed by atoms with E-state index in [0.717, 1.165) is 19.5 Å². The van der Waals surface area contributed by atoms with E-state index in [1.165, 1.54) is 11.3 Å². The number of β-amino-alcohol motifs (C(OH)–C–C–N with tert-alkyl or cyclic N) is 1. The van der Waals surface area contributed by atoms with E-state index in [9.17, 15) is 9.90 Å². The van der Waals surface area contributed by atoms with Crippen LogP contribution in [-0.2, 0) is 0 Å². The molecule has 2 rings (SSSR count). The summed E-state index contributed by atoms with van der Waals surface area (Å²) in [6.45, 7) is 3.99. The minimum atomic E-state index is -0.454. The van der Waals surface area contributed by atoms with Gasteiger partial charge in [0.1, 0.15) is 0 Å². The van der Waals surface area contributed by atoms with Crippen LogP contribution in [0, 0.1) is 0 Å². The Hall–Kier alpha value is -1.25. The summed E-state index contributed by atoms with van der Waals surface area (Å²) >= 11 is 1.27. The fourth-order valence-corrected chi connectivity index (χ4v) is 3.20. The first-order valence-electron chi connectivity index (χ1n) is 7.22. The van der Waals surface area contributed by atoms with Gasteiger partial charge in [-0.3, -0.25) is 4.79 Å². The predicted molar refractivity (Wildman–Crippen MR) is 82.7 cm³/mol. The average molecular weight is 313 g/mol. The highest BCUT2D eigenvalue weighted by molar-refractivity contribution is 7.17. The Balaban J connectivity index is 2.05. The predicted octanol–water partition coefficient (Wildman–Crippen LogP) is 0.497. The molecule has 1 aliphatic heterocycles. The zero-order chi connectivity index (χ0) is 15.4. The van der Waals surface area contributed by atoms with Crippen LogP contribution in [0.3, 0.4) is 0 Å². The summed E-state index contributed by atoms with van der Waals surface area (Å²) in [7, 11) is 3.93. The van der Waals surface area contributed by atoms with Gasteiger partial charge in [-0.25, -0.2) is 0 Å². The summed E-state index contributed by atoms with van der Waals surface area (Å²) in [4.78, 5) is 16.3. The largest absolute Gasteiger partial charge is 0.391 e. The summed E-state index contributed by atoms with van der Waals surface area (Å²) < 4.78 is 0. The van der Waals surface area contributed by atoms with Crippen LogP contribution in [0.25, 0.3) is 0 Å². The highest BCUT2D eigenvalue weighted by atomic mass is 32.1. The number of hydrogen-bond acceptors (Lipinski definition) is 7. The minimum Gasteiger partial charge on any atom is -0.391 e. The van der Waals surface area contributed by atoms with E-state index < -0.39 is 6.10 Å². The topological polar surface area (TPSA) is 81.6 Å². The van der Waals surface area contributed by atoms with E-state index in [1.54, 1.807) is 4.90 Å². The molecule has 0 saturated carbocycles. The summed E-state index contributed by atoms with van der Waals surface area (Å²) in [5.41, 5.74) is 0. The van der Waals surface area contributed by atoms with Crippen molar-refractivity contribution in [2.24, 2.45) is 0 Å². The minimum absolute atomic E-state index is 0.0263. The van der Waals surface area contributed by atoms with Crippen LogP contribution in [0.4, 0.5) is 5.13 Å². The van der Waals surface area contributed by atoms with Gasteiger partial charge in [0.2, 0.25) is 10.1 Å². The van der Waals surface area contributed by atoms with Crippen molar-refractivity contribution in [2.75, 3.05) is 39.0 Å². The lowest BCUT2D eigenvalue weighted by atomic mass is 10.2. The number of aliphatic hydroxyl groups is 1. The average Bonchev–Trinajstić information content (AvgIpc) is 3.02. The number of aromatic nitrogens is 2. The fourth-order valence-electron chi connectivity index (χ4n) is 2.47. The van der Waals surface area contributed by atoms with E-state index in [2.05, 4.69) is 22.4 Å². The molecule has 0 bridgehead atoms. The number of nitrogens with one attached hydrogen (secondary N) is 1. The normalized spacial score (nSPS) is 22.0. The van der Waals surface area contributed by atoms with Crippen LogP contribution >= 0.6 is 11.3 Å². The number of amides is 1. The molecule has 0 aliphatic carbocycles. The van der Waals surface area contributed by atoms with Crippen LogP contribution in [0.2, 0.25) is 0 Å². The van der Waals surface area contributed by atoms with Gasteiger partial charge in [-0.15, -0.1) is 10.2 Å². The molecule has 0 radical (unpaired) electrons. The fraction of sp³-hybridized carbons (Fsp3) is 0.769. The standard InChI is InChI=1S/C13H23N5O2S/c1-4-5-14-13-16-15-11(21-13)12(20)18-8-10(19)6-9(18)7-17(2)3/h9-10,19H,4-8H2,1-3H3,(H,14,16). The number of carbonyl (C=O) groups is 1. The van der Waals surface area contributed by atoms with Crippen molar-refractivity contribution in [3.05, 3.63) is 5.01 Å². The molecule has 2 atom stereocenters. The lowest BCUT2D eigenvalue weighted by Crippen LogP contribution is -2.41. The van der Waals surface area contributed by atoms with Gasteiger partial charge in [-0.1, -0.05) is 18.3 Å². The first-order valence-corrected chi connectivity index (χ1v) is 8.04. The van der Waals surface area contributed by atoms with Crippen LogP contribution in [-0.4, -0.2) is 76.9 Å². The second-order valence-corrected chi connectivity index (χ2v) is 6.58. The number of hydrogen-bond donors (Lipinski definition) is 2. The summed E-state index contributed by atoms with van der Waals surface area (Å²) in [6, 6.07) is 0.0263. The molecule has 1 amide bonds. The van der Waals surface area contributed by atoms with Crippen molar-refractivity contribution >= 4 is 22.4 Å². The maximum absolute atomic E-state index is 12.5. The van der Waals surface area contributed by atoms with Crippen molar-refractivity contribution in [2.45, 2.75) is 31.9 Å². The SMILES string of the molecule is CCCNc1nnc(C(=O)N2CC(O)CC2CN(C)C)s1. The van der Waals surface area contributed by atoms with Crippen molar-refractivity contribution in [3.8, 4) is 0 Å². The van der Waals surface area contributed by atoms with Crippen molar-refractivity contribution in [3.63, 3.8) is 0 Å². The van der Waals surface area contributed by atoms with E-state index in [0.29, 0.717) is 23.1 Å². The van der Waals surface area contributed by atoms with Crippen LogP contribution in [0.1, 0.15) is 29.6 Å². The zero-order valence-corrected chi connectivity index (χ0v) is 13.6. The van der Waals surface area contributed by atoms with Gasteiger partial charge < -0.3 is 20.2 Å². The molecule has 2 heterocycles. The van der Waals surface area contributed by atoms with E-state index >= 15 is 0 Å². The third-order valence-electron chi connectivity index (χ3n) is 3.36. The van der Waals surface area contributed by atoms with Gasteiger partial charge in [-0.2, -0.15) is 0 Å². The second-order valence-electron chi connectivity index (χ2n) is 5.60. The van der Waals surface area contributed by atoms with E-state index in [-0.39, 0.29) is 11.9 Å². The summed E-state index contributed by atoms with van der Waals surface area (Å²) in [5.74, 6) is -0.138. The Morgan fingerprint density at radius 3 is 2.95 bits per heavy atom. The molecule has 1 saturated heterocycles. The number of aliphatic hydroxyl groups excluding tert-OH is 1. The molecule has 2 unspecified atom stereocenters. The number of nitrogens with zero attached hydrogens (tertiary/aromatic N) is 4. The molecule has 1 fully saturated rings. The number of anilines is 1. The van der Waals surface area contributed by atoms with Gasteiger partial charge in [-0.05, 0) is 26.9 Å². The monoisotopic (exact) mass is 313 g/mol. The molecule has 1 aromatic rings. The third-order valence-corrected chi connectivity index (χ3v) is 4.23. The van der Waals surface area contributed by atoms with Crippen LogP contribution in [0.5, 0.6) is 0 Å². The molecule has 7 nitrogen and oxygen atoms in total. The maximum atomic E-state index is 12.5. The van der Waals surface area contributed by atoms with Gasteiger partial charge >= 0.3 is 0 Å². The number of carbonyl (C=O) groups excluding carboxylic acids is 1. The molecule has 0 aromatic carbocycles. The van der Waals surface area contributed by atoms with Crippen LogP contribution in [0.15, 0.2) is 0 Å². The smallest absolute Gasteiger partial charge is 0.285 e. The van der Waals surface area contributed by atoms with Crippen molar-refractivity contribution in [1.82, 2.24) is 20.0 Å². The molecule has 21 heavy (non-hydrogen) atoms. The quantitative estimate of drug-likeness (QED) is 0.796. The Labute approximate surface area is 129 Å². The molecule has 118 valence electrons. The Morgan fingerprint density at radius 1 is 1.52 bits per heavy atom. The lowest BCUT2D eigenvalue weighted by Gasteiger charge is -2.25. The molecule has 2 N–H and O–H groups in total. The third kappa shape index (κ3) is 4.12. The van der Waals surface area contributed by atoms with E-state index in [4.69, 9.17) is 0 Å². The number of likely N-dealkylation sites (N-methyl/N-ethyl adjacent to an activating group) is 1. The number of likely N-dealkylation sites (tertiary alicyclic amines) is 1. The first kappa shape index (κ1) is 16.1. The summed E-state index contributed by atoms with van der Waals surface area (Å²) in [6.07, 6.45) is 1.15. The summed E-state index contributed by atoms with van der Waals surface area (Å²) in [5, 5.41) is 22.0. The first-order chi connectivity index (χ1) is 10.0. The molecular weight excluding hydrogens is 290 g/mol. The van der Waals surface area contributed by atoms with Gasteiger partial charge in [0.15, 0.2) is 0 Å². The van der Waals surface area contributed by atoms with Gasteiger partial charge in [0.05, 0.1) is 6.10 Å². The highest BCUT2D eigenvalue weighted by Gasteiger charge is 2.36.